The molecule has 2 aromatic rings. The van der Waals surface area contributed by atoms with Crippen LogP contribution in [0.4, 0.5) is 13.2 Å². The maximum absolute atomic E-state index is 13.2. The minimum absolute atomic E-state index is 0.0261. The largest absolute Gasteiger partial charge is 0.503 e. The van der Waals surface area contributed by atoms with E-state index in [-0.39, 0.29) is 12.2 Å². The first-order valence-corrected chi connectivity index (χ1v) is 9.21. The van der Waals surface area contributed by atoms with Gasteiger partial charge in [0, 0.05) is 12.3 Å². The second kappa shape index (κ2) is 7.62. The van der Waals surface area contributed by atoms with E-state index in [9.17, 15) is 33.0 Å². The van der Waals surface area contributed by atoms with Crippen LogP contribution in [-0.4, -0.2) is 25.8 Å². The first kappa shape index (κ1) is 21.0. The van der Waals surface area contributed by atoms with Crippen molar-refractivity contribution in [2.45, 2.75) is 57.3 Å². The van der Waals surface area contributed by atoms with Crippen molar-refractivity contribution in [3.8, 4) is 5.75 Å². The quantitative estimate of drug-likeness (QED) is 0.739. The third kappa shape index (κ3) is 3.91. The molecular formula is C20H21F3N2O4. The summed E-state index contributed by atoms with van der Waals surface area (Å²) in [5.74, 6) is -1.42. The molecule has 6 nitrogen and oxygen atoms in total. The minimum atomic E-state index is -4.48. The highest BCUT2D eigenvalue weighted by molar-refractivity contribution is 5.92. The van der Waals surface area contributed by atoms with Crippen molar-refractivity contribution in [2.24, 2.45) is 0 Å². The molecule has 1 fully saturated rings. The highest BCUT2D eigenvalue weighted by Crippen LogP contribution is 2.44. The molecule has 0 atom stereocenters. The van der Waals surface area contributed by atoms with Crippen LogP contribution in [0.25, 0.3) is 0 Å². The SMILES string of the molecule is CC(=O)c1nn(CC2(c3cccc(C(F)(F)F)c3)CCCC2)c(CO)c(O)c1=O. The molecule has 1 aliphatic carbocycles. The molecule has 0 unspecified atom stereocenters. The number of rotatable bonds is 5. The van der Waals surface area contributed by atoms with Crippen molar-refractivity contribution in [2.75, 3.05) is 0 Å². The van der Waals surface area contributed by atoms with E-state index in [1.54, 1.807) is 6.07 Å². The van der Waals surface area contributed by atoms with Crippen LogP contribution in [-0.2, 0) is 24.7 Å². The summed E-state index contributed by atoms with van der Waals surface area (Å²) < 4.78 is 40.8. The van der Waals surface area contributed by atoms with E-state index in [1.807, 2.05) is 0 Å². The topological polar surface area (TPSA) is 92.4 Å². The number of benzene rings is 1. The van der Waals surface area contributed by atoms with Gasteiger partial charge >= 0.3 is 6.18 Å². The van der Waals surface area contributed by atoms with Crippen LogP contribution in [0.2, 0.25) is 0 Å². The normalized spacial score (nSPS) is 16.2. The van der Waals surface area contributed by atoms with Gasteiger partial charge in [0.15, 0.2) is 17.2 Å². The van der Waals surface area contributed by atoms with Crippen LogP contribution < -0.4 is 5.43 Å². The Balaban J connectivity index is 2.14. The van der Waals surface area contributed by atoms with Gasteiger partial charge in [0.2, 0.25) is 0 Å². The number of hydrogen-bond acceptors (Lipinski definition) is 5. The van der Waals surface area contributed by atoms with E-state index in [0.717, 1.165) is 31.9 Å². The van der Waals surface area contributed by atoms with Gasteiger partial charge in [-0.15, -0.1) is 0 Å². The molecule has 2 N–H and O–H groups in total. The molecule has 1 aliphatic rings. The van der Waals surface area contributed by atoms with E-state index < -0.39 is 46.4 Å². The van der Waals surface area contributed by atoms with Gasteiger partial charge in [0.1, 0.15) is 5.69 Å². The summed E-state index contributed by atoms with van der Waals surface area (Å²) in [6.07, 6.45) is -1.76. The monoisotopic (exact) mass is 410 g/mol. The van der Waals surface area contributed by atoms with Crippen molar-refractivity contribution < 1.29 is 28.2 Å². The Bertz CT molecular complexity index is 992. The molecule has 0 radical (unpaired) electrons. The van der Waals surface area contributed by atoms with Crippen LogP contribution in [0, 0.1) is 0 Å². The van der Waals surface area contributed by atoms with E-state index in [0.29, 0.717) is 18.4 Å². The zero-order valence-electron chi connectivity index (χ0n) is 15.8. The lowest BCUT2D eigenvalue weighted by Gasteiger charge is -2.32. The Morgan fingerprint density at radius 1 is 1.28 bits per heavy atom. The number of carbonyl (C=O) groups excluding carboxylic acids is 1. The highest BCUT2D eigenvalue weighted by Gasteiger charge is 2.39. The number of aromatic hydroxyl groups is 1. The molecule has 29 heavy (non-hydrogen) atoms. The molecule has 1 aromatic carbocycles. The Morgan fingerprint density at radius 3 is 2.48 bits per heavy atom. The third-order valence-electron chi connectivity index (χ3n) is 5.53. The lowest BCUT2D eigenvalue weighted by atomic mass is 9.78. The number of alkyl halides is 3. The fourth-order valence-electron chi connectivity index (χ4n) is 4.01. The predicted octanol–water partition coefficient (Wildman–Crippen LogP) is 3.17. The molecule has 156 valence electrons. The minimum Gasteiger partial charge on any atom is -0.503 e. The zero-order chi connectivity index (χ0) is 21.4. The molecule has 0 amide bonds. The maximum atomic E-state index is 13.2. The molecule has 0 aliphatic heterocycles. The Morgan fingerprint density at radius 2 is 1.93 bits per heavy atom. The average molecular weight is 410 g/mol. The Labute approximate surface area is 164 Å². The molecule has 1 aromatic heterocycles. The number of aliphatic hydroxyl groups is 1. The van der Waals surface area contributed by atoms with E-state index >= 15 is 0 Å². The van der Waals surface area contributed by atoms with Crippen LogP contribution in [0.1, 0.15) is 59.9 Å². The number of hydrogen-bond donors (Lipinski definition) is 2. The van der Waals surface area contributed by atoms with Crippen molar-refractivity contribution in [3.05, 3.63) is 57.0 Å². The van der Waals surface area contributed by atoms with Gasteiger partial charge in [0.05, 0.1) is 18.7 Å². The number of carbonyl (C=O) groups is 1. The van der Waals surface area contributed by atoms with Gasteiger partial charge in [-0.1, -0.05) is 31.0 Å². The smallest absolute Gasteiger partial charge is 0.416 e. The van der Waals surface area contributed by atoms with Gasteiger partial charge in [-0.2, -0.15) is 18.3 Å². The summed E-state index contributed by atoms with van der Waals surface area (Å²) in [5.41, 5.74) is -2.64. The highest BCUT2D eigenvalue weighted by atomic mass is 19.4. The zero-order valence-corrected chi connectivity index (χ0v) is 15.8. The summed E-state index contributed by atoms with van der Waals surface area (Å²) in [7, 11) is 0. The number of aliphatic hydroxyl groups excluding tert-OH is 1. The number of Topliss-reactive ketones (excluding diaryl/α,β-unsaturated/α-hetero) is 1. The second-order valence-corrected chi connectivity index (χ2v) is 7.41. The van der Waals surface area contributed by atoms with Crippen molar-refractivity contribution >= 4 is 5.78 Å². The van der Waals surface area contributed by atoms with Crippen LogP contribution in [0.15, 0.2) is 29.1 Å². The van der Waals surface area contributed by atoms with Crippen LogP contribution in [0.5, 0.6) is 5.75 Å². The molecular weight excluding hydrogens is 389 g/mol. The fourth-order valence-corrected chi connectivity index (χ4v) is 4.01. The number of aromatic nitrogens is 2. The van der Waals surface area contributed by atoms with Gasteiger partial charge in [0.25, 0.3) is 5.43 Å². The van der Waals surface area contributed by atoms with E-state index in [2.05, 4.69) is 5.10 Å². The fraction of sp³-hybridized carbons (Fsp3) is 0.450. The van der Waals surface area contributed by atoms with Crippen LogP contribution in [0.3, 0.4) is 0 Å². The first-order chi connectivity index (χ1) is 13.6. The molecule has 1 saturated carbocycles. The summed E-state index contributed by atoms with van der Waals surface area (Å²) in [4.78, 5) is 23.8. The van der Waals surface area contributed by atoms with Crippen LogP contribution >= 0.6 is 0 Å². The summed E-state index contributed by atoms with van der Waals surface area (Å²) in [5, 5.41) is 23.8. The van der Waals surface area contributed by atoms with Gasteiger partial charge in [-0.25, -0.2) is 0 Å². The van der Waals surface area contributed by atoms with Gasteiger partial charge in [-0.05, 0) is 24.5 Å². The van der Waals surface area contributed by atoms with Crippen molar-refractivity contribution in [3.63, 3.8) is 0 Å². The average Bonchev–Trinajstić information content (AvgIpc) is 3.14. The molecule has 9 heteroatoms. The van der Waals surface area contributed by atoms with Crippen molar-refractivity contribution in [1.82, 2.24) is 9.78 Å². The lowest BCUT2D eigenvalue weighted by molar-refractivity contribution is -0.137. The standard InChI is InChI=1S/C20H21F3N2O4/c1-12(27)16-18(29)17(28)15(10-26)25(24-16)11-19(7-2-3-8-19)13-5-4-6-14(9-13)20(21,22)23/h4-6,9,26,28H,2-3,7-8,10-11H2,1H3. The number of halogens is 3. The summed E-state index contributed by atoms with van der Waals surface area (Å²) in [6.45, 7) is 0.452. The maximum Gasteiger partial charge on any atom is 0.416 e. The summed E-state index contributed by atoms with van der Waals surface area (Å²) >= 11 is 0. The lowest BCUT2D eigenvalue weighted by Crippen LogP contribution is -2.34. The second-order valence-electron chi connectivity index (χ2n) is 7.41. The molecule has 1 heterocycles. The molecule has 3 rings (SSSR count). The Hall–Kier alpha value is -2.68. The number of ketones is 1. The molecule has 0 saturated heterocycles. The first-order valence-electron chi connectivity index (χ1n) is 9.21. The van der Waals surface area contributed by atoms with Gasteiger partial charge in [-0.3, -0.25) is 14.3 Å². The van der Waals surface area contributed by atoms with Crippen molar-refractivity contribution in [1.29, 1.82) is 0 Å². The Kier molecular flexibility index (Phi) is 5.53. The molecule has 0 spiro atoms. The predicted molar refractivity (Wildman–Crippen MR) is 97.7 cm³/mol. The molecule has 0 bridgehead atoms. The number of nitrogens with zero attached hydrogens (tertiary/aromatic N) is 2. The third-order valence-corrected chi connectivity index (χ3v) is 5.53. The van der Waals surface area contributed by atoms with Gasteiger partial charge < -0.3 is 10.2 Å². The summed E-state index contributed by atoms with van der Waals surface area (Å²) in [6, 6.07) is 5.08. The van der Waals surface area contributed by atoms with E-state index in [4.69, 9.17) is 0 Å². The van der Waals surface area contributed by atoms with E-state index in [1.165, 1.54) is 10.7 Å².